The van der Waals surface area contributed by atoms with E-state index in [9.17, 15) is 27.3 Å². The largest absolute Gasteiger partial charge is 0.494 e. The second-order valence-corrected chi connectivity index (χ2v) is 19.1. The minimum atomic E-state index is -4.68. The first kappa shape index (κ1) is 43.4. The van der Waals surface area contributed by atoms with E-state index in [4.69, 9.17) is 21.1 Å². The smallest absolute Gasteiger partial charge is 0.410 e. The fraction of sp³-hybridized carbons (Fsp3) is 0.436. The van der Waals surface area contributed by atoms with Crippen LogP contribution in [-0.2, 0) is 14.1 Å². The van der Waals surface area contributed by atoms with E-state index >= 15 is 0 Å². The van der Waals surface area contributed by atoms with Crippen molar-refractivity contribution in [1.29, 1.82) is 0 Å². The summed E-state index contributed by atoms with van der Waals surface area (Å²) in [6.45, 7) is 12.4. The van der Waals surface area contributed by atoms with E-state index in [0.717, 1.165) is 12.8 Å². The van der Waals surface area contributed by atoms with E-state index in [2.05, 4.69) is 45.7 Å². The average Bonchev–Trinajstić information content (AvgIpc) is 3.17. The summed E-state index contributed by atoms with van der Waals surface area (Å²) in [5.74, 6) is -0.405. The van der Waals surface area contributed by atoms with Gasteiger partial charge in [-0.2, -0.15) is 18.2 Å². The summed E-state index contributed by atoms with van der Waals surface area (Å²) in [5, 5.41) is 9.50. The molecule has 2 saturated heterocycles. The Balaban J connectivity index is 1.23. The lowest BCUT2D eigenvalue weighted by molar-refractivity contribution is -0.112. The molecule has 3 N–H and O–H groups in total. The molecule has 2 aliphatic heterocycles. The number of anilines is 6. The number of alkyl halides is 3. The fourth-order valence-corrected chi connectivity index (χ4v) is 8.57. The molecule has 2 fully saturated rings. The number of hydrogen-bond acceptors (Lipinski definition) is 13. The molecule has 20 heteroatoms. The maximum atomic E-state index is 13.5. The van der Waals surface area contributed by atoms with E-state index in [1.54, 1.807) is 48.7 Å². The van der Waals surface area contributed by atoms with Gasteiger partial charge in [-0.05, 0) is 65.1 Å². The predicted octanol–water partition coefficient (Wildman–Crippen LogP) is 7.40. The number of allylic oxidation sites excluding steroid dienone is 1. The van der Waals surface area contributed by atoms with E-state index in [0.29, 0.717) is 84.5 Å². The average molecular weight is 859 g/mol. The van der Waals surface area contributed by atoms with Gasteiger partial charge in [0.15, 0.2) is 5.82 Å². The number of rotatable bonds is 10. The number of piperazine rings is 1. The molecular formula is C39H47ClF3N10O5P. The number of fused-ring (bicyclic) bond motifs is 1. The van der Waals surface area contributed by atoms with Gasteiger partial charge in [0.25, 0.3) is 0 Å². The van der Waals surface area contributed by atoms with Crippen molar-refractivity contribution in [2.45, 2.75) is 51.4 Å². The Hall–Kier alpha value is -5.19. The molecule has 4 aromatic rings. The summed E-state index contributed by atoms with van der Waals surface area (Å²) >= 11 is 6.54. The molecular weight excluding hydrogens is 812 g/mol. The van der Waals surface area contributed by atoms with Crippen LogP contribution in [0.2, 0.25) is 5.02 Å². The Kier molecular flexibility index (Phi) is 12.9. The van der Waals surface area contributed by atoms with Crippen molar-refractivity contribution in [3.63, 3.8) is 0 Å². The highest BCUT2D eigenvalue weighted by atomic mass is 35.5. The number of halogens is 4. The number of nitrogens with zero attached hydrogens (tertiary/aromatic N) is 7. The number of hydrogen-bond donors (Lipinski definition) is 3. The lowest BCUT2D eigenvalue weighted by Crippen LogP contribution is -2.55. The zero-order valence-electron chi connectivity index (χ0n) is 33.6. The number of benzene rings is 2. The molecule has 59 heavy (non-hydrogen) atoms. The van der Waals surface area contributed by atoms with Gasteiger partial charge in [-0.1, -0.05) is 11.6 Å². The van der Waals surface area contributed by atoms with Crippen LogP contribution in [0.25, 0.3) is 11.0 Å². The van der Waals surface area contributed by atoms with Crippen LogP contribution < -0.4 is 30.9 Å². The maximum absolute atomic E-state index is 13.5. The number of amides is 2. The first-order valence-corrected chi connectivity index (χ1v) is 21.9. The van der Waals surface area contributed by atoms with Gasteiger partial charge < -0.3 is 39.8 Å². The molecule has 0 radical (unpaired) electrons. The number of carbonyl (C=O) groups is 2. The number of nitrogens with one attached hydrogen (secondary N) is 3. The number of aromatic nitrogens is 4. The van der Waals surface area contributed by atoms with Gasteiger partial charge in [-0.15, -0.1) is 0 Å². The molecule has 0 unspecified atom stereocenters. The van der Waals surface area contributed by atoms with Gasteiger partial charge in [-0.3, -0.25) is 19.7 Å². The fourth-order valence-electron chi connectivity index (χ4n) is 7.04. The second-order valence-electron chi connectivity index (χ2n) is 15.5. The highest BCUT2D eigenvalue weighted by Crippen LogP contribution is 2.42. The van der Waals surface area contributed by atoms with Crippen molar-refractivity contribution in [3.8, 4) is 5.75 Å². The van der Waals surface area contributed by atoms with Crippen LogP contribution in [0.4, 0.5) is 52.5 Å². The van der Waals surface area contributed by atoms with Crippen molar-refractivity contribution in [1.82, 2.24) is 29.7 Å². The van der Waals surface area contributed by atoms with E-state index in [-0.39, 0.29) is 40.7 Å². The highest BCUT2D eigenvalue weighted by Gasteiger charge is 2.32. The zero-order chi connectivity index (χ0) is 42.7. The summed E-state index contributed by atoms with van der Waals surface area (Å²) in [5.41, 5.74) is 2.00. The Morgan fingerprint density at radius 1 is 0.932 bits per heavy atom. The quantitative estimate of drug-likeness (QED) is 0.107. The van der Waals surface area contributed by atoms with Crippen LogP contribution in [0.15, 0.2) is 55.0 Å². The molecule has 0 spiro atoms. The molecule has 0 saturated carbocycles. The summed E-state index contributed by atoms with van der Waals surface area (Å²) in [4.78, 5) is 49.3. The standard InChI is InChI=1S/C39H47ClF3N10O5P/c1-38(2,3)58-37(55)53-19-17-51(18-20-53)24-10-15-52(16-11-24)30-22-31(57-4)29(21-28(30)47-32(54)9-12-39(41,42)43)49-36-46-23-25(40)35(50-36)48-27-8-7-26-33(45-14-13-44-26)34(27)59(5,6)56/h7-9,12-14,21-24H,10-11,15-20H2,1-6H3,(H,47,54)(H2,46,48,49,50)/b12-9+. The van der Waals surface area contributed by atoms with Gasteiger partial charge in [0, 0.05) is 75.9 Å². The normalized spacial score (nSPS) is 16.0. The first-order chi connectivity index (χ1) is 27.8. The highest BCUT2D eigenvalue weighted by molar-refractivity contribution is 7.71. The van der Waals surface area contributed by atoms with Crippen molar-refractivity contribution in [2.24, 2.45) is 0 Å². The molecule has 2 amide bonds. The summed E-state index contributed by atoms with van der Waals surface area (Å²) < 4.78 is 63.8. The zero-order valence-corrected chi connectivity index (χ0v) is 35.2. The number of carbonyl (C=O) groups excluding carboxylic acids is 2. The van der Waals surface area contributed by atoms with Gasteiger partial charge in [0.2, 0.25) is 11.9 Å². The molecule has 2 aromatic heterocycles. The van der Waals surface area contributed by atoms with Gasteiger partial charge >= 0.3 is 12.3 Å². The van der Waals surface area contributed by atoms with Crippen molar-refractivity contribution >= 4 is 81.6 Å². The van der Waals surface area contributed by atoms with Gasteiger partial charge in [0.1, 0.15) is 29.0 Å². The van der Waals surface area contributed by atoms with Gasteiger partial charge in [-0.25, -0.2) is 9.78 Å². The summed E-state index contributed by atoms with van der Waals surface area (Å²) in [6.07, 6.45) is 1.27. The monoisotopic (exact) mass is 858 g/mol. The molecule has 2 aromatic carbocycles. The van der Waals surface area contributed by atoms with Crippen LogP contribution >= 0.6 is 18.7 Å². The van der Waals surface area contributed by atoms with Crippen molar-refractivity contribution < 1.29 is 36.8 Å². The Bertz CT molecular complexity index is 2270. The van der Waals surface area contributed by atoms with Crippen LogP contribution in [0.1, 0.15) is 33.6 Å². The molecule has 316 valence electrons. The van der Waals surface area contributed by atoms with Crippen LogP contribution in [-0.4, -0.2) is 119 Å². The SMILES string of the molecule is COc1cc(N2CCC(N3CCN(C(=O)OC(C)(C)C)CC3)CC2)c(NC(=O)/C=C/C(F)(F)F)cc1Nc1ncc(Cl)c(Nc2ccc3nccnc3c2P(C)(C)=O)n1. The van der Waals surface area contributed by atoms with Crippen LogP contribution in [0.5, 0.6) is 5.75 Å². The Labute approximate surface area is 345 Å². The molecule has 0 atom stereocenters. The van der Waals surface area contributed by atoms with Gasteiger partial charge in [0.05, 0.1) is 46.9 Å². The number of ether oxygens (including phenoxy) is 2. The third-order valence-corrected chi connectivity index (χ3v) is 11.5. The lowest BCUT2D eigenvalue weighted by Gasteiger charge is -2.43. The molecule has 0 bridgehead atoms. The minimum absolute atomic E-state index is 0.0584. The summed E-state index contributed by atoms with van der Waals surface area (Å²) in [7, 11) is -1.45. The Morgan fingerprint density at radius 2 is 1.63 bits per heavy atom. The van der Waals surface area contributed by atoms with Crippen molar-refractivity contribution in [2.75, 3.05) is 80.6 Å². The number of methoxy groups -OCH3 is 1. The predicted molar refractivity (Wildman–Crippen MR) is 224 cm³/mol. The third kappa shape index (κ3) is 11.1. The minimum Gasteiger partial charge on any atom is -0.494 e. The third-order valence-electron chi connectivity index (χ3n) is 9.68. The molecule has 2 aliphatic rings. The molecule has 6 rings (SSSR count). The first-order valence-electron chi connectivity index (χ1n) is 18.9. The van der Waals surface area contributed by atoms with Crippen LogP contribution in [0.3, 0.4) is 0 Å². The van der Waals surface area contributed by atoms with Crippen LogP contribution in [0, 0.1) is 0 Å². The lowest BCUT2D eigenvalue weighted by atomic mass is 10.0. The van der Waals surface area contributed by atoms with E-state index in [1.807, 2.05) is 20.8 Å². The molecule has 4 heterocycles. The van der Waals surface area contributed by atoms with E-state index < -0.39 is 24.8 Å². The topological polar surface area (TPSA) is 167 Å². The maximum Gasteiger partial charge on any atom is 0.410 e. The van der Waals surface area contributed by atoms with Crippen molar-refractivity contribution in [3.05, 3.63) is 60.0 Å². The number of piperidine rings is 1. The molecule has 0 aliphatic carbocycles. The molecule has 15 nitrogen and oxygen atoms in total. The Morgan fingerprint density at radius 3 is 2.27 bits per heavy atom. The second kappa shape index (κ2) is 17.6. The summed E-state index contributed by atoms with van der Waals surface area (Å²) in [6, 6.07) is 6.94. The van der Waals surface area contributed by atoms with E-state index in [1.165, 1.54) is 19.5 Å².